The molecule has 3 atom stereocenters. The van der Waals surface area contributed by atoms with E-state index in [0.717, 1.165) is 13.0 Å². The van der Waals surface area contributed by atoms with Crippen LogP contribution in [0.4, 0.5) is 11.4 Å². The Kier molecular flexibility index (Phi) is 3.14. The summed E-state index contributed by atoms with van der Waals surface area (Å²) in [6.07, 6.45) is 1.25. The van der Waals surface area contributed by atoms with Gasteiger partial charge in [0.2, 0.25) is 0 Å². The SMILES string of the molecule is CC1(C)C(Nc2cc(Cl)ccc2[N+](=O)[O-])C2CCOC21. The first-order chi connectivity index (χ1) is 9.41. The highest BCUT2D eigenvalue weighted by atomic mass is 35.5. The quantitative estimate of drug-likeness (QED) is 0.685. The van der Waals surface area contributed by atoms with Gasteiger partial charge in [0.1, 0.15) is 5.69 Å². The molecule has 20 heavy (non-hydrogen) atoms. The zero-order valence-electron chi connectivity index (χ0n) is 11.4. The Morgan fingerprint density at radius 1 is 1.50 bits per heavy atom. The minimum absolute atomic E-state index is 0.0304. The van der Waals surface area contributed by atoms with Crippen molar-refractivity contribution in [1.29, 1.82) is 0 Å². The summed E-state index contributed by atoms with van der Waals surface area (Å²) in [6.45, 7) is 5.04. The molecule has 3 unspecified atom stereocenters. The fourth-order valence-electron chi connectivity index (χ4n) is 3.57. The van der Waals surface area contributed by atoms with Crippen LogP contribution in [0.15, 0.2) is 18.2 Å². The lowest BCUT2D eigenvalue weighted by atomic mass is 9.57. The Balaban J connectivity index is 1.88. The van der Waals surface area contributed by atoms with Crippen molar-refractivity contribution < 1.29 is 9.66 Å². The third-order valence-electron chi connectivity index (χ3n) is 4.57. The van der Waals surface area contributed by atoms with Crippen molar-refractivity contribution in [3.8, 4) is 0 Å². The molecule has 1 saturated carbocycles. The molecule has 1 aliphatic heterocycles. The first-order valence-corrected chi connectivity index (χ1v) is 7.11. The number of nitrogens with one attached hydrogen (secondary N) is 1. The maximum absolute atomic E-state index is 11.1. The van der Waals surface area contributed by atoms with Gasteiger partial charge in [0.15, 0.2) is 0 Å². The van der Waals surface area contributed by atoms with Gasteiger partial charge in [0, 0.05) is 35.1 Å². The van der Waals surface area contributed by atoms with E-state index in [1.54, 1.807) is 6.07 Å². The van der Waals surface area contributed by atoms with Crippen molar-refractivity contribution in [2.45, 2.75) is 32.4 Å². The standard InChI is InChI=1S/C14H17ClN2O3/c1-14(2)12(9-5-6-20-13(9)14)16-10-7-8(15)3-4-11(10)17(18)19/h3-4,7,9,12-13,16H,5-6H2,1-2H3. The Morgan fingerprint density at radius 3 is 2.95 bits per heavy atom. The van der Waals surface area contributed by atoms with Crippen LogP contribution in [-0.2, 0) is 4.74 Å². The van der Waals surface area contributed by atoms with E-state index in [1.165, 1.54) is 12.1 Å². The maximum Gasteiger partial charge on any atom is 0.292 e. The van der Waals surface area contributed by atoms with Crippen LogP contribution in [0.3, 0.4) is 0 Å². The molecule has 0 spiro atoms. The van der Waals surface area contributed by atoms with Crippen LogP contribution in [0, 0.1) is 21.4 Å². The monoisotopic (exact) mass is 296 g/mol. The van der Waals surface area contributed by atoms with Crippen molar-refractivity contribution in [3.05, 3.63) is 33.3 Å². The molecule has 6 heteroatoms. The van der Waals surface area contributed by atoms with E-state index in [9.17, 15) is 10.1 Å². The highest BCUT2D eigenvalue weighted by Gasteiger charge is 2.59. The Labute approximate surface area is 122 Å². The van der Waals surface area contributed by atoms with Crippen LogP contribution < -0.4 is 5.32 Å². The smallest absolute Gasteiger partial charge is 0.292 e. The van der Waals surface area contributed by atoms with Crippen LogP contribution in [0.2, 0.25) is 5.02 Å². The number of benzene rings is 1. The summed E-state index contributed by atoms with van der Waals surface area (Å²) in [6, 6.07) is 4.78. The molecule has 2 fully saturated rings. The van der Waals surface area contributed by atoms with Crippen LogP contribution in [0.5, 0.6) is 0 Å². The normalized spacial score (nSPS) is 30.4. The molecule has 0 aromatic heterocycles. The highest BCUT2D eigenvalue weighted by molar-refractivity contribution is 6.31. The van der Waals surface area contributed by atoms with Gasteiger partial charge in [-0.1, -0.05) is 25.4 Å². The lowest BCUT2D eigenvalue weighted by Crippen LogP contribution is -2.63. The molecule has 0 radical (unpaired) electrons. The lowest BCUT2D eigenvalue weighted by molar-refractivity contribution is -0.384. The number of rotatable bonds is 3. The van der Waals surface area contributed by atoms with E-state index in [2.05, 4.69) is 19.2 Å². The molecule has 1 saturated heterocycles. The van der Waals surface area contributed by atoms with Crippen molar-refractivity contribution in [2.75, 3.05) is 11.9 Å². The van der Waals surface area contributed by atoms with Crippen molar-refractivity contribution in [1.82, 2.24) is 0 Å². The zero-order valence-corrected chi connectivity index (χ0v) is 12.2. The fourth-order valence-corrected chi connectivity index (χ4v) is 3.74. The second-order valence-electron chi connectivity index (χ2n) is 6.11. The van der Waals surface area contributed by atoms with Crippen LogP contribution in [-0.4, -0.2) is 23.7 Å². The van der Waals surface area contributed by atoms with Gasteiger partial charge in [0.05, 0.1) is 11.0 Å². The molecule has 1 aromatic rings. The number of nitrogens with zero attached hydrogens (tertiary/aromatic N) is 1. The summed E-state index contributed by atoms with van der Waals surface area (Å²) in [4.78, 5) is 10.7. The number of hydrogen-bond acceptors (Lipinski definition) is 4. The lowest BCUT2D eigenvalue weighted by Gasteiger charge is -2.54. The first kappa shape index (κ1) is 13.6. The number of nitro groups is 1. The topological polar surface area (TPSA) is 64.4 Å². The second-order valence-corrected chi connectivity index (χ2v) is 6.54. The van der Waals surface area contributed by atoms with Crippen LogP contribution in [0.25, 0.3) is 0 Å². The number of fused-ring (bicyclic) bond motifs is 1. The molecule has 2 aliphatic rings. The van der Waals surface area contributed by atoms with Gasteiger partial charge in [0.25, 0.3) is 5.69 Å². The molecule has 1 heterocycles. The zero-order chi connectivity index (χ0) is 14.5. The molecule has 1 aromatic carbocycles. The van der Waals surface area contributed by atoms with Crippen LogP contribution in [0.1, 0.15) is 20.3 Å². The van der Waals surface area contributed by atoms with Gasteiger partial charge in [-0.05, 0) is 18.6 Å². The number of hydrogen-bond donors (Lipinski definition) is 1. The highest BCUT2D eigenvalue weighted by Crippen LogP contribution is 2.53. The predicted molar refractivity (Wildman–Crippen MR) is 77.1 cm³/mol. The Bertz CT molecular complexity index is 561. The summed E-state index contributed by atoms with van der Waals surface area (Å²) >= 11 is 5.96. The third kappa shape index (κ3) is 1.96. The number of halogens is 1. The molecule has 0 amide bonds. The predicted octanol–water partition coefficient (Wildman–Crippen LogP) is 3.47. The minimum atomic E-state index is -0.382. The molecular weight excluding hydrogens is 280 g/mol. The van der Waals surface area contributed by atoms with E-state index in [0.29, 0.717) is 16.6 Å². The Hall–Kier alpha value is -1.33. The fraction of sp³-hybridized carbons (Fsp3) is 0.571. The van der Waals surface area contributed by atoms with E-state index < -0.39 is 0 Å². The molecule has 1 N–H and O–H groups in total. The maximum atomic E-state index is 11.1. The van der Waals surface area contributed by atoms with Gasteiger partial charge in [-0.3, -0.25) is 10.1 Å². The Morgan fingerprint density at radius 2 is 2.25 bits per heavy atom. The number of anilines is 1. The van der Waals surface area contributed by atoms with Gasteiger partial charge >= 0.3 is 0 Å². The average Bonchev–Trinajstić information content (AvgIpc) is 2.82. The molecular formula is C14H17ClN2O3. The van der Waals surface area contributed by atoms with Gasteiger partial charge < -0.3 is 10.1 Å². The molecule has 108 valence electrons. The number of ether oxygens (including phenoxy) is 1. The number of nitro benzene ring substituents is 1. The van der Waals surface area contributed by atoms with E-state index in [4.69, 9.17) is 16.3 Å². The first-order valence-electron chi connectivity index (χ1n) is 6.73. The van der Waals surface area contributed by atoms with Gasteiger partial charge in [-0.15, -0.1) is 0 Å². The summed E-state index contributed by atoms with van der Waals surface area (Å²) in [5, 5.41) is 14.9. The van der Waals surface area contributed by atoms with Gasteiger partial charge in [-0.2, -0.15) is 0 Å². The molecule has 5 nitrogen and oxygen atoms in total. The largest absolute Gasteiger partial charge is 0.377 e. The molecule has 0 bridgehead atoms. The van der Waals surface area contributed by atoms with Crippen molar-refractivity contribution in [3.63, 3.8) is 0 Å². The third-order valence-corrected chi connectivity index (χ3v) is 4.80. The summed E-state index contributed by atoms with van der Waals surface area (Å²) < 4.78 is 5.74. The van der Waals surface area contributed by atoms with Crippen LogP contribution >= 0.6 is 11.6 Å². The van der Waals surface area contributed by atoms with Crippen molar-refractivity contribution >= 4 is 23.0 Å². The average molecular weight is 297 g/mol. The summed E-state index contributed by atoms with van der Waals surface area (Å²) in [7, 11) is 0. The second kappa shape index (κ2) is 4.60. The van der Waals surface area contributed by atoms with Crippen molar-refractivity contribution in [2.24, 2.45) is 11.3 Å². The molecule has 3 rings (SSSR count). The van der Waals surface area contributed by atoms with E-state index in [1.807, 2.05) is 0 Å². The minimum Gasteiger partial charge on any atom is -0.377 e. The van der Waals surface area contributed by atoms with Gasteiger partial charge in [-0.25, -0.2) is 0 Å². The van der Waals surface area contributed by atoms with E-state index >= 15 is 0 Å². The van der Waals surface area contributed by atoms with E-state index in [-0.39, 0.29) is 28.2 Å². The summed E-state index contributed by atoms with van der Waals surface area (Å²) in [5.74, 6) is 0.420. The summed E-state index contributed by atoms with van der Waals surface area (Å²) in [5.41, 5.74) is 0.524. The molecule has 1 aliphatic carbocycles.